The van der Waals surface area contributed by atoms with Crippen molar-refractivity contribution in [1.82, 2.24) is 5.32 Å². The second-order valence-electron chi connectivity index (χ2n) is 4.45. The molecule has 1 N–H and O–H groups in total. The summed E-state index contributed by atoms with van der Waals surface area (Å²) in [5.74, 6) is 2.93. The minimum absolute atomic E-state index is 0.124. The van der Waals surface area contributed by atoms with Crippen LogP contribution in [0.15, 0.2) is 18.2 Å². The van der Waals surface area contributed by atoms with E-state index in [1.807, 2.05) is 25.7 Å². The van der Waals surface area contributed by atoms with E-state index in [1.54, 1.807) is 12.1 Å². The third-order valence-corrected chi connectivity index (χ3v) is 4.36. The van der Waals surface area contributed by atoms with Gasteiger partial charge in [-0.1, -0.05) is 6.07 Å². The zero-order chi connectivity index (χ0) is 11.5. The molecule has 1 nitrogen and oxygen atoms in total. The van der Waals surface area contributed by atoms with E-state index >= 15 is 0 Å². The van der Waals surface area contributed by atoms with E-state index < -0.39 is 0 Å². The fourth-order valence-electron chi connectivity index (χ4n) is 2.43. The van der Waals surface area contributed by atoms with Crippen LogP contribution in [0.5, 0.6) is 0 Å². The van der Waals surface area contributed by atoms with Crippen LogP contribution in [0.1, 0.15) is 23.6 Å². The van der Waals surface area contributed by atoms with Gasteiger partial charge in [0.2, 0.25) is 0 Å². The molecule has 2 atom stereocenters. The number of rotatable bonds is 3. The first-order chi connectivity index (χ1) is 7.70. The van der Waals surface area contributed by atoms with E-state index in [2.05, 4.69) is 11.4 Å². The lowest BCUT2D eigenvalue weighted by molar-refractivity contribution is 0.418. The smallest absolute Gasteiger partial charge is 0.123 e. The first kappa shape index (κ1) is 11.9. The molecule has 0 radical (unpaired) electrons. The molecule has 1 saturated heterocycles. The van der Waals surface area contributed by atoms with E-state index in [4.69, 9.17) is 0 Å². The summed E-state index contributed by atoms with van der Waals surface area (Å²) in [6.07, 6.45) is 1.23. The predicted molar refractivity (Wildman–Crippen MR) is 68.4 cm³/mol. The van der Waals surface area contributed by atoms with Gasteiger partial charge in [-0.2, -0.15) is 11.8 Å². The van der Waals surface area contributed by atoms with Crippen LogP contribution >= 0.6 is 11.8 Å². The summed E-state index contributed by atoms with van der Waals surface area (Å²) in [7, 11) is 1.97. The fraction of sp³-hybridized carbons (Fsp3) is 0.538. The number of benzene rings is 1. The highest BCUT2D eigenvalue weighted by Crippen LogP contribution is 2.34. The summed E-state index contributed by atoms with van der Waals surface area (Å²) in [4.78, 5) is 0. The predicted octanol–water partition coefficient (Wildman–Crippen LogP) is 3.15. The lowest BCUT2D eigenvalue weighted by Gasteiger charge is -2.23. The topological polar surface area (TPSA) is 12.0 Å². The van der Waals surface area contributed by atoms with Crippen molar-refractivity contribution in [3.63, 3.8) is 0 Å². The monoisotopic (exact) mass is 239 g/mol. The lowest BCUT2D eigenvalue weighted by Crippen LogP contribution is -2.25. The Balaban J connectivity index is 2.24. The number of nitrogens with one attached hydrogen (secondary N) is 1. The van der Waals surface area contributed by atoms with E-state index in [0.717, 1.165) is 11.1 Å². The zero-order valence-corrected chi connectivity index (χ0v) is 10.6. The van der Waals surface area contributed by atoms with Crippen molar-refractivity contribution in [2.75, 3.05) is 18.6 Å². The van der Waals surface area contributed by atoms with Crippen LogP contribution in [0, 0.1) is 18.7 Å². The minimum atomic E-state index is -0.124. The maximum Gasteiger partial charge on any atom is 0.123 e. The van der Waals surface area contributed by atoms with Gasteiger partial charge in [-0.05, 0) is 61.1 Å². The van der Waals surface area contributed by atoms with Gasteiger partial charge in [0, 0.05) is 6.04 Å². The lowest BCUT2D eigenvalue weighted by atomic mass is 9.92. The third kappa shape index (κ3) is 2.58. The zero-order valence-electron chi connectivity index (χ0n) is 9.79. The van der Waals surface area contributed by atoms with Gasteiger partial charge < -0.3 is 5.32 Å². The molecule has 0 amide bonds. The Kier molecular flexibility index (Phi) is 3.87. The molecule has 2 unspecified atom stereocenters. The molecule has 16 heavy (non-hydrogen) atoms. The van der Waals surface area contributed by atoms with Crippen molar-refractivity contribution in [3.8, 4) is 0 Å². The third-order valence-electron chi connectivity index (χ3n) is 3.17. The Hall–Kier alpha value is -0.540. The van der Waals surface area contributed by atoms with Gasteiger partial charge in [0.1, 0.15) is 5.82 Å². The number of hydrogen-bond acceptors (Lipinski definition) is 2. The molecule has 0 aromatic heterocycles. The molecule has 1 aliphatic heterocycles. The molecular weight excluding hydrogens is 221 g/mol. The van der Waals surface area contributed by atoms with Crippen LogP contribution in [-0.2, 0) is 0 Å². The molecule has 1 fully saturated rings. The summed E-state index contributed by atoms with van der Waals surface area (Å²) in [5.41, 5.74) is 2.09. The van der Waals surface area contributed by atoms with Crippen LogP contribution in [0.4, 0.5) is 4.39 Å². The summed E-state index contributed by atoms with van der Waals surface area (Å²) in [6, 6.07) is 5.63. The Morgan fingerprint density at radius 2 is 2.25 bits per heavy atom. The summed E-state index contributed by atoms with van der Waals surface area (Å²) < 4.78 is 13.4. The minimum Gasteiger partial charge on any atom is -0.313 e. The standard InChI is InChI=1S/C13H18FNS/c1-9-5-11(7-12(14)6-9)13(15-2)10-3-4-16-8-10/h5-7,10,13,15H,3-4,8H2,1-2H3. The van der Waals surface area contributed by atoms with Crippen molar-refractivity contribution in [1.29, 1.82) is 0 Å². The van der Waals surface area contributed by atoms with Gasteiger partial charge in [-0.3, -0.25) is 0 Å². The quantitative estimate of drug-likeness (QED) is 0.869. The second kappa shape index (κ2) is 5.19. The summed E-state index contributed by atoms with van der Waals surface area (Å²) >= 11 is 2.00. The Bertz CT molecular complexity index is 341. The van der Waals surface area contributed by atoms with Gasteiger partial charge in [0.05, 0.1) is 0 Å². The van der Waals surface area contributed by atoms with Crippen LogP contribution in [0.2, 0.25) is 0 Å². The molecule has 0 spiro atoms. The van der Waals surface area contributed by atoms with Gasteiger partial charge in [0.25, 0.3) is 0 Å². The number of aryl methyl sites for hydroxylation is 1. The molecule has 0 bridgehead atoms. The SMILES string of the molecule is CNC(c1cc(C)cc(F)c1)C1CCSC1. The molecule has 3 heteroatoms. The van der Waals surface area contributed by atoms with E-state index in [9.17, 15) is 4.39 Å². The van der Waals surface area contributed by atoms with Crippen LogP contribution in [0.25, 0.3) is 0 Å². The summed E-state index contributed by atoms with van der Waals surface area (Å²) in [6.45, 7) is 1.95. The average molecular weight is 239 g/mol. The highest BCUT2D eigenvalue weighted by molar-refractivity contribution is 7.99. The molecule has 1 aromatic carbocycles. The first-order valence-electron chi connectivity index (χ1n) is 5.73. The van der Waals surface area contributed by atoms with E-state index in [-0.39, 0.29) is 5.82 Å². The number of halogens is 1. The molecule has 2 rings (SSSR count). The molecule has 1 heterocycles. The van der Waals surface area contributed by atoms with Gasteiger partial charge in [-0.25, -0.2) is 4.39 Å². The van der Waals surface area contributed by atoms with Crippen LogP contribution < -0.4 is 5.32 Å². The highest BCUT2D eigenvalue weighted by Gasteiger charge is 2.25. The highest BCUT2D eigenvalue weighted by atomic mass is 32.2. The normalized spacial score (nSPS) is 22.3. The molecule has 88 valence electrons. The van der Waals surface area contributed by atoms with Crippen molar-refractivity contribution in [2.24, 2.45) is 5.92 Å². The van der Waals surface area contributed by atoms with Crippen molar-refractivity contribution in [2.45, 2.75) is 19.4 Å². The fourth-order valence-corrected chi connectivity index (χ4v) is 3.73. The van der Waals surface area contributed by atoms with Crippen LogP contribution in [-0.4, -0.2) is 18.6 Å². The molecular formula is C13H18FNS. The maximum absolute atomic E-state index is 13.4. The van der Waals surface area contributed by atoms with Gasteiger partial charge >= 0.3 is 0 Å². The number of hydrogen-bond donors (Lipinski definition) is 1. The Labute approximate surface area is 101 Å². The van der Waals surface area contributed by atoms with E-state index in [1.165, 1.54) is 17.9 Å². The Morgan fingerprint density at radius 3 is 2.81 bits per heavy atom. The maximum atomic E-state index is 13.4. The number of thioether (sulfide) groups is 1. The average Bonchev–Trinajstić information content (AvgIpc) is 2.70. The first-order valence-corrected chi connectivity index (χ1v) is 6.88. The second-order valence-corrected chi connectivity index (χ2v) is 5.60. The molecule has 1 aromatic rings. The van der Waals surface area contributed by atoms with E-state index in [0.29, 0.717) is 12.0 Å². The summed E-state index contributed by atoms with van der Waals surface area (Å²) in [5, 5.41) is 3.33. The van der Waals surface area contributed by atoms with Crippen molar-refractivity contribution < 1.29 is 4.39 Å². The van der Waals surface area contributed by atoms with Crippen molar-refractivity contribution >= 4 is 11.8 Å². The molecule has 1 aliphatic rings. The molecule has 0 saturated carbocycles. The molecule has 0 aliphatic carbocycles. The van der Waals surface area contributed by atoms with Gasteiger partial charge in [-0.15, -0.1) is 0 Å². The van der Waals surface area contributed by atoms with Gasteiger partial charge in [0.15, 0.2) is 0 Å². The largest absolute Gasteiger partial charge is 0.313 e. The van der Waals surface area contributed by atoms with Crippen molar-refractivity contribution in [3.05, 3.63) is 35.1 Å². The Morgan fingerprint density at radius 1 is 1.44 bits per heavy atom. The van der Waals surface area contributed by atoms with Crippen LogP contribution in [0.3, 0.4) is 0 Å².